The summed E-state index contributed by atoms with van der Waals surface area (Å²) in [6, 6.07) is 1.29. The average molecular weight is 476 g/mol. The van der Waals surface area contributed by atoms with Gasteiger partial charge in [-0.1, -0.05) is 5.16 Å². The minimum absolute atomic E-state index is 0.0308. The molecule has 0 radical (unpaired) electrons. The normalized spacial score (nSPS) is 10.8. The second kappa shape index (κ2) is 9.84. The van der Waals surface area contributed by atoms with Gasteiger partial charge in [0.15, 0.2) is 5.82 Å². The van der Waals surface area contributed by atoms with E-state index >= 15 is 0 Å². The van der Waals surface area contributed by atoms with Crippen LogP contribution in [0.1, 0.15) is 33.6 Å². The zero-order valence-electron chi connectivity index (χ0n) is 18.3. The summed E-state index contributed by atoms with van der Waals surface area (Å²) in [6.07, 6.45) is 0. The molecule has 180 valence electrons. The lowest BCUT2D eigenvalue weighted by Crippen LogP contribution is -2.36. The van der Waals surface area contributed by atoms with Crippen LogP contribution in [0.25, 0.3) is 0 Å². The van der Waals surface area contributed by atoms with E-state index in [1.807, 2.05) is 0 Å². The summed E-state index contributed by atoms with van der Waals surface area (Å²) in [4.78, 5) is 48.8. The van der Waals surface area contributed by atoms with Crippen molar-refractivity contribution in [1.29, 1.82) is 0 Å². The molecule has 34 heavy (non-hydrogen) atoms. The van der Waals surface area contributed by atoms with Crippen molar-refractivity contribution in [2.75, 3.05) is 13.1 Å². The fourth-order valence-corrected chi connectivity index (χ4v) is 3.04. The molecule has 0 fully saturated rings. The predicted molar refractivity (Wildman–Crippen MR) is 111 cm³/mol. The van der Waals surface area contributed by atoms with Crippen molar-refractivity contribution in [1.82, 2.24) is 40.3 Å². The Morgan fingerprint density at radius 1 is 1.06 bits per heavy atom. The van der Waals surface area contributed by atoms with E-state index in [-0.39, 0.29) is 60.8 Å². The van der Waals surface area contributed by atoms with Gasteiger partial charge in [-0.2, -0.15) is 14.8 Å². The summed E-state index contributed by atoms with van der Waals surface area (Å²) >= 11 is 0. The van der Waals surface area contributed by atoms with Crippen LogP contribution < -0.4 is 10.6 Å². The molecule has 0 atom stereocenters. The number of aromatic nitrogens is 6. The quantitative estimate of drug-likeness (QED) is 0.221. The Morgan fingerprint density at radius 2 is 1.76 bits per heavy atom. The Kier molecular flexibility index (Phi) is 6.93. The lowest BCUT2D eigenvalue weighted by molar-refractivity contribution is -0.389. The number of hydrogen-bond donors (Lipinski definition) is 2. The highest BCUT2D eigenvalue weighted by molar-refractivity contribution is 5.89. The van der Waals surface area contributed by atoms with Crippen molar-refractivity contribution in [2.45, 2.75) is 33.9 Å². The van der Waals surface area contributed by atoms with E-state index in [2.05, 4.69) is 31.0 Å². The van der Waals surface area contributed by atoms with Gasteiger partial charge in [0.05, 0.1) is 21.8 Å². The highest BCUT2D eigenvalue weighted by atomic mass is 16.6. The molecule has 3 aromatic heterocycles. The number of nitro groups is 2. The van der Waals surface area contributed by atoms with Gasteiger partial charge in [-0.05, 0) is 25.7 Å². The van der Waals surface area contributed by atoms with Crippen LogP contribution in [-0.4, -0.2) is 64.5 Å². The first kappa shape index (κ1) is 24.0. The minimum Gasteiger partial charge on any atom is -0.358 e. The number of amides is 2. The molecule has 0 aromatic carbocycles. The number of carbonyl (C=O) groups excluding carboxylic acids is 2. The molecule has 0 saturated carbocycles. The second-order valence-corrected chi connectivity index (χ2v) is 7.11. The zero-order valence-corrected chi connectivity index (χ0v) is 18.3. The van der Waals surface area contributed by atoms with Gasteiger partial charge >= 0.3 is 23.3 Å². The monoisotopic (exact) mass is 476 g/mol. The van der Waals surface area contributed by atoms with Crippen LogP contribution in [-0.2, 0) is 17.9 Å². The van der Waals surface area contributed by atoms with Crippen molar-refractivity contribution in [3.63, 3.8) is 0 Å². The molecule has 17 heteroatoms. The largest absolute Gasteiger partial charge is 0.390 e. The fraction of sp³-hybridized carbons (Fsp3) is 0.412. The van der Waals surface area contributed by atoms with E-state index in [4.69, 9.17) is 4.52 Å². The van der Waals surface area contributed by atoms with Crippen molar-refractivity contribution < 1.29 is 24.0 Å². The number of nitrogens with one attached hydrogen (secondary N) is 2. The SMILES string of the molecule is Cc1nn(CC(=O)NCCNC(=O)c2nc(Cn3nc([N+](=O)[O-])cc3C)no2)c(C)c1[N+](=O)[O-]. The smallest absolute Gasteiger partial charge is 0.358 e. The van der Waals surface area contributed by atoms with E-state index in [0.717, 1.165) is 0 Å². The van der Waals surface area contributed by atoms with Crippen LogP contribution in [0.2, 0.25) is 0 Å². The topological polar surface area (TPSA) is 219 Å². The molecule has 0 aliphatic heterocycles. The predicted octanol–water partition coefficient (Wildman–Crippen LogP) is -0.201. The van der Waals surface area contributed by atoms with Crippen LogP contribution >= 0.6 is 0 Å². The van der Waals surface area contributed by atoms with Gasteiger partial charge in [-0.3, -0.25) is 24.4 Å². The number of carbonyl (C=O) groups is 2. The Hall–Kier alpha value is -4.70. The summed E-state index contributed by atoms with van der Waals surface area (Å²) in [5, 5.41) is 38.3. The molecule has 3 heterocycles. The molecule has 0 bridgehead atoms. The number of hydrogen-bond acceptors (Lipinski definition) is 11. The summed E-state index contributed by atoms with van der Waals surface area (Å²) in [5.41, 5.74) is 0.841. The molecule has 0 saturated heterocycles. The van der Waals surface area contributed by atoms with Crippen LogP contribution in [0.3, 0.4) is 0 Å². The van der Waals surface area contributed by atoms with Gasteiger partial charge < -0.3 is 25.3 Å². The maximum atomic E-state index is 12.1. The highest BCUT2D eigenvalue weighted by Crippen LogP contribution is 2.21. The molecular formula is C17H20N10O7. The molecule has 3 rings (SSSR count). The Labute approximate surface area is 190 Å². The van der Waals surface area contributed by atoms with E-state index in [1.54, 1.807) is 6.92 Å². The molecule has 0 aliphatic carbocycles. The Balaban J connectivity index is 1.45. The van der Waals surface area contributed by atoms with E-state index in [0.29, 0.717) is 5.69 Å². The molecule has 0 unspecified atom stereocenters. The lowest BCUT2D eigenvalue weighted by atomic mass is 10.3. The van der Waals surface area contributed by atoms with Crippen LogP contribution in [0.5, 0.6) is 0 Å². The average Bonchev–Trinajstić information content (AvgIpc) is 3.44. The minimum atomic E-state index is -0.676. The standard InChI is InChI=1S/C17H20N10O7/c1-9-6-13(26(30)31)22-24(9)7-12-20-17(34-23-12)16(29)19-5-4-18-14(28)8-25-11(3)15(27(32)33)10(2)21-25/h6H,4-5,7-8H2,1-3H3,(H,18,28)(H,19,29). The number of rotatable bonds is 10. The maximum absolute atomic E-state index is 12.1. The first-order valence-electron chi connectivity index (χ1n) is 9.81. The van der Waals surface area contributed by atoms with Crippen molar-refractivity contribution >= 4 is 23.3 Å². The number of aryl methyl sites for hydroxylation is 2. The molecule has 17 nitrogen and oxygen atoms in total. The molecule has 2 amide bonds. The first-order chi connectivity index (χ1) is 16.1. The molecular weight excluding hydrogens is 456 g/mol. The third kappa shape index (κ3) is 5.37. The van der Waals surface area contributed by atoms with E-state index in [9.17, 15) is 29.8 Å². The first-order valence-corrected chi connectivity index (χ1v) is 9.81. The fourth-order valence-electron chi connectivity index (χ4n) is 3.04. The van der Waals surface area contributed by atoms with Gasteiger partial charge in [-0.15, -0.1) is 0 Å². The van der Waals surface area contributed by atoms with Crippen LogP contribution in [0.15, 0.2) is 10.6 Å². The summed E-state index contributed by atoms with van der Waals surface area (Å²) < 4.78 is 7.43. The second-order valence-electron chi connectivity index (χ2n) is 7.11. The highest BCUT2D eigenvalue weighted by Gasteiger charge is 2.23. The Bertz CT molecular complexity index is 1260. The summed E-state index contributed by atoms with van der Waals surface area (Å²) in [5.74, 6) is -1.67. The van der Waals surface area contributed by atoms with E-state index in [1.165, 1.54) is 29.3 Å². The van der Waals surface area contributed by atoms with Gasteiger partial charge in [0.2, 0.25) is 5.91 Å². The van der Waals surface area contributed by atoms with Gasteiger partial charge in [0, 0.05) is 13.1 Å². The summed E-state index contributed by atoms with van der Waals surface area (Å²) in [7, 11) is 0. The molecule has 3 aromatic rings. The van der Waals surface area contributed by atoms with Crippen LogP contribution in [0, 0.1) is 41.0 Å². The van der Waals surface area contributed by atoms with Crippen molar-refractivity contribution in [3.8, 4) is 0 Å². The molecule has 0 aliphatic rings. The third-order valence-corrected chi connectivity index (χ3v) is 4.66. The van der Waals surface area contributed by atoms with Crippen molar-refractivity contribution in [2.24, 2.45) is 0 Å². The molecule has 2 N–H and O–H groups in total. The summed E-state index contributed by atoms with van der Waals surface area (Å²) in [6.45, 7) is 4.48. The van der Waals surface area contributed by atoms with E-state index < -0.39 is 21.7 Å². The molecule has 0 spiro atoms. The van der Waals surface area contributed by atoms with Crippen LogP contribution in [0.4, 0.5) is 11.5 Å². The third-order valence-electron chi connectivity index (χ3n) is 4.66. The number of nitrogens with zero attached hydrogens (tertiary/aromatic N) is 8. The maximum Gasteiger partial charge on any atom is 0.390 e. The van der Waals surface area contributed by atoms with Crippen molar-refractivity contribution in [3.05, 3.63) is 55.1 Å². The Morgan fingerprint density at radius 3 is 2.38 bits per heavy atom. The zero-order chi connectivity index (χ0) is 25.0. The van der Waals surface area contributed by atoms with Gasteiger partial charge in [-0.25, -0.2) is 0 Å². The van der Waals surface area contributed by atoms with Gasteiger partial charge in [0.1, 0.15) is 24.5 Å². The lowest BCUT2D eigenvalue weighted by Gasteiger charge is -2.06. The van der Waals surface area contributed by atoms with Gasteiger partial charge in [0.25, 0.3) is 0 Å².